The number of hydrogen-bond donors (Lipinski definition) is 2. The summed E-state index contributed by atoms with van der Waals surface area (Å²) in [6, 6.07) is 2.76. The van der Waals surface area contributed by atoms with Crippen molar-refractivity contribution in [3.05, 3.63) is 42.8 Å². The molecule has 1 aromatic rings. The predicted octanol–water partition coefficient (Wildman–Crippen LogP) is 2.84. The molecule has 0 aliphatic rings. The van der Waals surface area contributed by atoms with E-state index < -0.39 is 0 Å². The number of pyridine rings is 1. The van der Waals surface area contributed by atoms with Gasteiger partial charge in [0.2, 0.25) is 0 Å². The van der Waals surface area contributed by atoms with E-state index in [4.69, 9.17) is 4.74 Å². The number of anilines is 1. The number of allylic oxidation sites excluding steroid dienone is 1. The molecule has 1 unspecified atom stereocenters. The largest absolute Gasteiger partial charge is 0.502 e. The van der Waals surface area contributed by atoms with Gasteiger partial charge in [-0.1, -0.05) is 13.2 Å². The maximum Gasteiger partial charge on any atom is 0.154 e. The summed E-state index contributed by atoms with van der Waals surface area (Å²) in [6.07, 6.45) is 2.60. The summed E-state index contributed by atoms with van der Waals surface area (Å²) in [5, 5.41) is 3.05. The van der Waals surface area contributed by atoms with Gasteiger partial charge in [0.05, 0.1) is 18.9 Å². The minimum Gasteiger partial charge on any atom is -0.502 e. The second-order valence-electron chi connectivity index (χ2n) is 4.59. The highest BCUT2D eigenvalue weighted by atomic mass is 19.2. The van der Waals surface area contributed by atoms with Crippen LogP contribution in [0.1, 0.15) is 25.3 Å². The van der Waals surface area contributed by atoms with E-state index >= 15 is 0 Å². The minimum absolute atomic E-state index is 0.00458. The van der Waals surface area contributed by atoms with Crippen LogP contribution in [0.15, 0.2) is 37.2 Å². The summed E-state index contributed by atoms with van der Waals surface area (Å²) in [7, 11) is 1.55. The highest BCUT2D eigenvalue weighted by Gasteiger charge is 2.15. The average Bonchev–Trinajstić information content (AvgIpc) is 2.50. The Labute approximate surface area is 123 Å². The molecule has 6 heteroatoms. The van der Waals surface area contributed by atoms with E-state index in [-0.39, 0.29) is 17.6 Å². The first-order chi connectivity index (χ1) is 9.97. The number of hydrogen-bond acceptors (Lipinski definition) is 5. The van der Waals surface area contributed by atoms with Crippen molar-refractivity contribution in [1.29, 1.82) is 0 Å². The Kier molecular flexibility index (Phi) is 6.39. The second kappa shape index (κ2) is 8.04. The normalized spacial score (nSPS) is 11.4. The molecule has 5 nitrogen and oxygen atoms in total. The number of rotatable bonds is 9. The number of halogens is 1. The van der Waals surface area contributed by atoms with Crippen LogP contribution in [0.2, 0.25) is 0 Å². The van der Waals surface area contributed by atoms with Crippen LogP contribution >= 0.6 is 0 Å². The molecule has 0 saturated heterocycles. The maximum atomic E-state index is 12.2. The predicted molar refractivity (Wildman–Crippen MR) is 81.0 cm³/mol. The first-order valence-corrected chi connectivity index (χ1v) is 6.48. The Bertz CT molecular complexity index is 514. The van der Waals surface area contributed by atoms with Crippen molar-refractivity contribution >= 4 is 17.3 Å². The molecule has 0 aliphatic carbocycles. The molecule has 1 rings (SSSR count). The number of ether oxygens (including phenoxy) is 1. The van der Waals surface area contributed by atoms with Crippen molar-refractivity contribution in [3.8, 4) is 0 Å². The fourth-order valence-corrected chi connectivity index (χ4v) is 1.71. The van der Waals surface area contributed by atoms with E-state index in [0.29, 0.717) is 29.9 Å². The highest BCUT2D eigenvalue weighted by molar-refractivity contribution is 5.83. The summed E-state index contributed by atoms with van der Waals surface area (Å²) in [5.41, 5.74) is 2.69. The van der Waals surface area contributed by atoms with Crippen LogP contribution in [0.4, 0.5) is 10.3 Å². The summed E-state index contributed by atoms with van der Waals surface area (Å²) < 4.78 is 17.2. The number of carbonyl (C=O) groups is 1. The lowest BCUT2D eigenvalue weighted by atomic mass is 10.1. The summed E-state index contributed by atoms with van der Waals surface area (Å²) in [5.74, 6) is 0.731. The summed E-state index contributed by atoms with van der Waals surface area (Å²) in [6.45, 7) is 9.11. The number of ketones is 1. The summed E-state index contributed by atoms with van der Waals surface area (Å²) in [4.78, 5) is 15.5. The number of Topliss-reactive ketones (excluding diaryl/α,β-unsaturated/α-hetero) is 1. The van der Waals surface area contributed by atoms with Crippen molar-refractivity contribution in [2.75, 3.05) is 12.6 Å². The molecule has 0 radical (unpaired) electrons. The molecule has 21 heavy (non-hydrogen) atoms. The quantitative estimate of drug-likeness (QED) is 0.541. The van der Waals surface area contributed by atoms with Crippen molar-refractivity contribution in [1.82, 2.24) is 10.3 Å². The standard InChI is InChI=1S/C15H20FN3O2/c1-10(21-4)5-7-14(12(3)20)18-11(2)13-6-8-15(19-16)17-9-13/h6,8-9,14,18H,1-2,5,7H2,3-4H3,(H,17,19). The Morgan fingerprint density at radius 3 is 2.67 bits per heavy atom. The van der Waals surface area contributed by atoms with Gasteiger partial charge in [0.1, 0.15) is 0 Å². The monoisotopic (exact) mass is 293 g/mol. The topological polar surface area (TPSA) is 63.2 Å². The van der Waals surface area contributed by atoms with Gasteiger partial charge in [-0.3, -0.25) is 4.79 Å². The van der Waals surface area contributed by atoms with Crippen LogP contribution < -0.4 is 10.9 Å². The first kappa shape index (κ1) is 16.7. The SMILES string of the molecule is C=C(CCC(NC(=C)c1ccc(NF)nc1)C(C)=O)OC. The smallest absolute Gasteiger partial charge is 0.154 e. The lowest BCUT2D eigenvalue weighted by Gasteiger charge is -2.19. The van der Waals surface area contributed by atoms with E-state index in [0.717, 1.165) is 0 Å². The van der Waals surface area contributed by atoms with Gasteiger partial charge in [0.15, 0.2) is 11.6 Å². The molecule has 1 heterocycles. The van der Waals surface area contributed by atoms with Crippen LogP contribution in [0.3, 0.4) is 0 Å². The van der Waals surface area contributed by atoms with E-state index in [9.17, 15) is 9.28 Å². The zero-order valence-corrected chi connectivity index (χ0v) is 12.3. The van der Waals surface area contributed by atoms with Crippen molar-refractivity contribution in [3.63, 3.8) is 0 Å². The van der Waals surface area contributed by atoms with Crippen LogP contribution in [-0.2, 0) is 9.53 Å². The molecule has 2 N–H and O–H groups in total. The van der Waals surface area contributed by atoms with Crippen molar-refractivity contribution in [2.45, 2.75) is 25.8 Å². The molecule has 114 valence electrons. The molecular weight excluding hydrogens is 273 g/mol. The third kappa shape index (κ3) is 5.25. The van der Waals surface area contributed by atoms with Crippen LogP contribution in [0.5, 0.6) is 0 Å². The Hall–Kier alpha value is -2.37. The van der Waals surface area contributed by atoms with Crippen molar-refractivity contribution < 1.29 is 14.0 Å². The zero-order valence-electron chi connectivity index (χ0n) is 12.3. The number of nitrogens with zero attached hydrogens (tertiary/aromatic N) is 1. The highest BCUT2D eigenvalue weighted by Crippen LogP contribution is 2.14. The number of methoxy groups -OCH3 is 1. The van der Waals surface area contributed by atoms with Gasteiger partial charge in [-0.25, -0.2) is 10.5 Å². The summed E-state index contributed by atoms with van der Waals surface area (Å²) >= 11 is 0. The maximum absolute atomic E-state index is 12.2. The van der Waals surface area contributed by atoms with Crippen LogP contribution in [-0.4, -0.2) is 23.9 Å². The van der Waals surface area contributed by atoms with Gasteiger partial charge in [0, 0.05) is 23.9 Å². The van der Waals surface area contributed by atoms with Crippen LogP contribution in [0.25, 0.3) is 5.70 Å². The zero-order chi connectivity index (χ0) is 15.8. The number of aromatic nitrogens is 1. The lowest BCUT2D eigenvalue weighted by Crippen LogP contribution is -2.34. The molecule has 1 atom stereocenters. The Morgan fingerprint density at radius 1 is 1.48 bits per heavy atom. The van der Waals surface area contributed by atoms with E-state index in [2.05, 4.69) is 23.5 Å². The molecular formula is C15H20FN3O2. The van der Waals surface area contributed by atoms with E-state index in [1.807, 2.05) is 0 Å². The van der Waals surface area contributed by atoms with Gasteiger partial charge in [-0.2, -0.15) is 0 Å². The van der Waals surface area contributed by atoms with Crippen molar-refractivity contribution in [2.24, 2.45) is 0 Å². The fourth-order valence-electron chi connectivity index (χ4n) is 1.71. The molecule has 0 fully saturated rings. The number of carbonyl (C=O) groups excluding carboxylic acids is 1. The van der Waals surface area contributed by atoms with Gasteiger partial charge in [0.25, 0.3) is 0 Å². The van der Waals surface area contributed by atoms with Gasteiger partial charge in [-0.15, -0.1) is 4.48 Å². The van der Waals surface area contributed by atoms with E-state index in [1.165, 1.54) is 24.7 Å². The van der Waals surface area contributed by atoms with Gasteiger partial charge < -0.3 is 10.1 Å². The molecule has 0 aliphatic heterocycles. The van der Waals surface area contributed by atoms with E-state index in [1.54, 1.807) is 13.2 Å². The lowest BCUT2D eigenvalue weighted by molar-refractivity contribution is -0.118. The average molecular weight is 293 g/mol. The number of nitrogens with one attached hydrogen (secondary N) is 2. The first-order valence-electron chi connectivity index (χ1n) is 6.48. The van der Waals surface area contributed by atoms with Gasteiger partial charge in [-0.05, 0) is 25.5 Å². The molecule has 0 bridgehead atoms. The third-order valence-corrected chi connectivity index (χ3v) is 3.05. The molecule has 0 spiro atoms. The van der Waals surface area contributed by atoms with Crippen LogP contribution in [0, 0.1) is 0 Å². The molecule has 1 aromatic heterocycles. The fraction of sp³-hybridized carbons (Fsp3) is 0.333. The minimum atomic E-state index is -0.386. The Morgan fingerprint density at radius 2 is 2.19 bits per heavy atom. The third-order valence-electron chi connectivity index (χ3n) is 3.05. The second-order valence-corrected chi connectivity index (χ2v) is 4.59. The molecule has 0 saturated carbocycles. The Balaban J connectivity index is 2.66. The molecule has 0 amide bonds. The molecule has 0 aromatic carbocycles. The van der Waals surface area contributed by atoms with Gasteiger partial charge >= 0.3 is 0 Å².